The van der Waals surface area contributed by atoms with Gasteiger partial charge in [0.1, 0.15) is 12.1 Å². The van der Waals surface area contributed by atoms with Crippen molar-refractivity contribution in [3.05, 3.63) is 22.9 Å². The molecule has 82 valence electrons. The van der Waals surface area contributed by atoms with Gasteiger partial charge in [0, 0.05) is 19.0 Å². The maximum Gasteiger partial charge on any atom is 0.348 e. The quantitative estimate of drug-likeness (QED) is 0.570. The van der Waals surface area contributed by atoms with E-state index in [1.54, 1.807) is 13.0 Å². The summed E-state index contributed by atoms with van der Waals surface area (Å²) < 4.78 is 1.34. The lowest BCUT2D eigenvalue weighted by molar-refractivity contribution is 0.988. The average molecular weight is 217 g/mol. The fourth-order valence-electron chi connectivity index (χ4n) is 1.28. The van der Waals surface area contributed by atoms with Gasteiger partial charge in [-0.15, -0.1) is 11.8 Å². The topological polar surface area (TPSA) is 75.1 Å². The van der Waals surface area contributed by atoms with E-state index >= 15 is 0 Å². The summed E-state index contributed by atoms with van der Waals surface area (Å²) >= 11 is 0. The minimum Gasteiger partial charge on any atom is -0.369 e. The molecule has 0 amide bonds. The van der Waals surface area contributed by atoms with Crippen LogP contribution in [0.15, 0.2) is 17.2 Å². The van der Waals surface area contributed by atoms with Crippen molar-refractivity contribution < 1.29 is 0 Å². The molecule has 6 heteroatoms. The van der Waals surface area contributed by atoms with Crippen molar-refractivity contribution in [3.63, 3.8) is 0 Å². The SMILES string of the molecule is CC#CCCNc1cc2n[nH]c(=O)n2cn1. The predicted octanol–water partition coefficient (Wildman–Crippen LogP) is 0.243. The van der Waals surface area contributed by atoms with Crippen molar-refractivity contribution in [2.24, 2.45) is 0 Å². The molecule has 0 bridgehead atoms. The van der Waals surface area contributed by atoms with Gasteiger partial charge in [0.25, 0.3) is 0 Å². The standard InChI is InChI=1S/C10H11N5O/c1-2-3-4-5-11-8-6-9-13-14-10(16)15(9)7-12-8/h6-7,11H,4-5H2,1H3,(H,14,16). The van der Waals surface area contributed by atoms with Crippen LogP contribution in [0.4, 0.5) is 5.82 Å². The number of H-pyrrole nitrogens is 1. The molecule has 0 aromatic carbocycles. The lowest BCUT2D eigenvalue weighted by Crippen LogP contribution is -2.10. The number of rotatable bonds is 3. The minimum atomic E-state index is -0.286. The van der Waals surface area contributed by atoms with Gasteiger partial charge < -0.3 is 5.32 Å². The van der Waals surface area contributed by atoms with Gasteiger partial charge in [-0.2, -0.15) is 5.10 Å². The van der Waals surface area contributed by atoms with Crippen molar-refractivity contribution in [1.29, 1.82) is 0 Å². The summed E-state index contributed by atoms with van der Waals surface area (Å²) in [5.41, 5.74) is 0.259. The summed E-state index contributed by atoms with van der Waals surface area (Å²) in [4.78, 5) is 15.2. The van der Waals surface area contributed by atoms with Crippen LogP contribution in [0, 0.1) is 11.8 Å². The number of hydrogen-bond acceptors (Lipinski definition) is 4. The monoisotopic (exact) mass is 217 g/mol. The molecular formula is C10H11N5O. The first kappa shape index (κ1) is 10.2. The Bertz CT molecular complexity index is 601. The largest absolute Gasteiger partial charge is 0.369 e. The van der Waals surface area contributed by atoms with Gasteiger partial charge in [0.05, 0.1) is 0 Å². The molecule has 0 radical (unpaired) electrons. The van der Waals surface area contributed by atoms with Crippen LogP contribution < -0.4 is 11.0 Å². The highest BCUT2D eigenvalue weighted by Gasteiger charge is 2.00. The lowest BCUT2D eigenvalue weighted by atomic mass is 10.4. The molecule has 2 aromatic heterocycles. The Hall–Kier alpha value is -2.29. The molecule has 6 nitrogen and oxygen atoms in total. The van der Waals surface area contributed by atoms with Crippen LogP contribution in [0.2, 0.25) is 0 Å². The fraction of sp³-hybridized carbons (Fsp3) is 0.300. The van der Waals surface area contributed by atoms with Crippen molar-refractivity contribution in [1.82, 2.24) is 19.6 Å². The number of anilines is 1. The second kappa shape index (κ2) is 4.49. The molecule has 0 aliphatic carbocycles. The molecule has 0 saturated heterocycles. The van der Waals surface area contributed by atoms with E-state index in [1.165, 1.54) is 10.7 Å². The third-order valence-electron chi connectivity index (χ3n) is 2.04. The third-order valence-corrected chi connectivity index (χ3v) is 2.04. The molecule has 2 aromatic rings. The Balaban J connectivity index is 2.13. The number of nitrogens with one attached hydrogen (secondary N) is 2. The molecule has 0 unspecified atom stereocenters. The van der Waals surface area contributed by atoms with Gasteiger partial charge in [-0.25, -0.2) is 19.3 Å². The van der Waals surface area contributed by atoms with E-state index in [-0.39, 0.29) is 5.69 Å². The predicted molar refractivity (Wildman–Crippen MR) is 60.2 cm³/mol. The number of aromatic amines is 1. The second-order valence-electron chi connectivity index (χ2n) is 3.13. The first-order valence-corrected chi connectivity index (χ1v) is 4.87. The molecular weight excluding hydrogens is 206 g/mol. The summed E-state index contributed by atoms with van der Waals surface area (Å²) in [5.74, 6) is 6.44. The van der Waals surface area contributed by atoms with E-state index in [0.29, 0.717) is 11.5 Å². The molecule has 0 atom stereocenters. The lowest BCUT2D eigenvalue weighted by Gasteiger charge is -2.01. The molecule has 16 heavy (non-hydrogen) atoms. The first-order valence-electron chi connectivity index (χ1n) is 4.87. The van der Waals surface area contributed by atoms with Gasteiger partial charge in [0.2, 0.25) is 0 Å². The van der Waals surface area contributed by atoms with E-state index in [1.807, 2.05) is 0 Å². The van der Waals surface area contributed by atoms with Gasteiger partial charge in [-0.3, -0.25) is 0 Å². The average Bonchev–Trinajstić information content (AvgIpc) is 2.66. The maximum absolute atomic E-state index is 11.2. The first-order chi connectivity index (χ1) is 7.81. The smallest absolute Gasteiger partial charge is 0.348 e. The fourth-order valence-corrected chi connectivity index (χ4v) is 1.28. The highest BCUT2D eigenvalue weighted by Crippen LogP contribution is 2.03. The number of hydrogen-bond donors (Lipinski definition) is 2. The van der Waals surface area contributed by atoms with Gasteiger partial charge >= 0.3 is 5.69 Å². The van der Waals surface area contributed by atoms with Crippen LogP contribution in [-0.2, 0) is 0 Å². The highest BCUT2D eigenvalue weighted by atomic mass is 16.1. The van der Waals surface area contributed by atoms with Crippen molar-refractivity contribution >= 4 is 11.5 Å². The molecule has 0 spiro atoms. The Morgan fingerprint density at radius 1 is 1.62 bits per heavy atom. The molecule has 0 saturated carbocycles. The summed E-state index contributed by atoms with van der Waals surface area (Å²) in [6.07, 6.45) is 2.20. The summed E-state index contributed by atoms with van der Waals surface area (Å²) in [6.45, 7) is 2.53. The highest BCUT2D eigenvalue weighted by molar-refractivity contribution is 5.48. The minimum absolute atomic E-state index is 0.286. The normalized spacial score (nSPS) is 9.81. The number of fused-ring (bicyclic) bond motifs is 1. The Labute approximate surface area is 91.7 Å². The van der Waals surface area contributed by atoms with E-state index in [0.717, 1.165) is 13.0 Å². The third kappa shape index (κ3) is 2.03. The second-order valence-corrected chi connectivity index (χ2v) is 3.13. The molecule has 0 aliphatic heterocycles. The van der Waals surface area contributed by atoms with E-state index < -0.39 is 0 Å². The molecule has 2 rings (SSSR count). The van der Waals surface area contributed by atoms with Crippen molar-refractivity contribution in [2.75, 3.05) is 11.9 Å². The number of nitrogens with zero attached hydrogens (tertiary/aromatic N) is 3. The molecule has 0 fully saturated rings. The van der Waals surface area contributed by atoms with Crippen LogP contribution >= 0.6 is 0 Å². The van der Waals surface area contributed by atoms with Crippen molar-refractivity contribution in [2.45, 2.75) is 13.3 Å². The number of aromatic nitrogens is 4. The van der Waals surface area contributed by atoms with Crippen LogP contribution in [0.1, 0.15) is 13.3 Å². The van der Waals surface area contributed by atoms with E-state index in [2.05, 4.69) is 32.3 Å². The van der Waals surface area contributed by atoms with Crippen molar-refractivity contribution in [3.8, 4) is 11.8 Å². The van der Waals surface area contributed by atoms with Crippen LogP contribution in [0.3, 0.4) is 0 Å². The Morgan fingerprint density at radius 2 is 2.50 bits per heavy atom. The van der Waals surface area contributed by atoms with Crippen LogP contribution in [0.5, 0.6) is 0 Å². The van der Waals surface area contributed by atoms with Crippen LogP contribution in [-0.4, -0.2) is 26.1 Å². The van der Waals surface area contributed by atoms with Crippen LogP contribution in [0.25, 0.3) is 5.65 Å². The maximum atomic E-state index is 11.2. The zero-order valence-corrected chi connectivity index (χ0v) is 8.82. The van der Waals surface area contributed by atoms with Gasteiger partial charge in [-0.1, -0.05) is 0 Å². The Morgan fingerprint density at radius 3 is 3.31 bits per heavy atom. The Kier molecular flexibility index (Phi) is 2.87. The summed E-state index contributed by atoms with van der Waals surface area (Å²) in [7, 11) is 0. The van der Waals surface area contributed by atoms with Gasteiger partial charge in [-0.05, 0) is 6.92 Å². The molecule has 2 heterocycles. The zero-order valence-electron chi connectivity index (χ0n) is 8.82. The van der Waals surface area contributed by atoms with E-state index in [9.17, 15) is 4.79 Å². The van der Waals surface area contributed by atoms with E-state index in [4.69, 9.17) is 0 Å². The zero-order chi connectivity index (χ0) is 11.4. The van der Waals surface area contributed by atoms with Gasteiger partial charge in [0.15, 0.2) is 5.65 Å². The summed E-state index contributed by atoms with van der Waals surface area (Å²) in [5, 5.41) is 9.29. The molecule has 0 aliphatic rings. The summed E-state index contributed by atoms with van der Waals surface area (Å²) in [6, 6.07) is 1.71. The molecule has 2 N–H and O–H groups in total.